The summed E-state index contributed by atoms with van der Waals surface area (Å²) in [4.78, 5) is 17.9. The molecule has 2 fully saturated rings. The topological polar surface area (TPSA) is 35.6 Å². The van der Waals surface area contributed by atoms with Crippen LogP contribution in [0.4, 0.5) is 5.69 Å². The van der Waals surface area contributed by atoms with Crippen molar-refractivity contribution in [3.05, 3.63) is 29.3 Å². The van der Waals surface area contributed by atoms with E-state index in [9.17, 15) is 4.79 Å². The molecule has 2 heterocycles. The van der Waals surface area contributed by atoms with Gasteiger partial charge in [0.25, 0.3) is 0 Å². The predicted octanol–water partition coefficient (Wildman–Crippen LogP) is 4.02. The van der Waals surface area contributed by atoms with Crippen LogP contribution in [0.15, 0.2) is 18.2 Å². The van der Waals surface area contributed by atoms with Gasteiger partial charge in [0, 0.05) is 50.9 Å². The highest BCUT2D eigenvalue weighted by Crippen LogP contribution is 2.36. The number of hydrogen-bond acceptors (Lipinski definition) is 3. The maximum Gasteiger partial charge on any atom is 0.230 e. The minimum Gasteiger partial charge on any atom is -0.314 e. The van der Waals surface area contributed by atoms with Gasteiger partial charge >= 0.3 is 0 Å². The minimum absolute atomic E-state index is 0.256. The molecule has 0 spiro atoms. The van der Waals surface area contributed by atoms with E-state index < -0.39 is 0 Å². The number of nitrogens with zero attached hydrogens (tertiary/aromatic N) is 2. The fourth-order valence-corrected chi connectivity index (χ4v) is 5.47. The van der Waals surface area contributed by atoms with E-state index >= 15 is 0 Å². The number of rotatable bonds is 7. The van der Waals surface area contributed by atoms with Crippen LogP contribution in [0.3, 0.4) is 0 Å². The van der Waals surface area contributed by atoms with E-state index in [0.717, 1.165) is 70.9 Å². The number of hydrogen-bond donors (Lipinski definition) is 1. The van der Waals surface area contributed by atoms with Gasteiger partial charge in [-0.05, 0) is 61.6 Å². The number of piperazine rings is 1. The van der Waals surface area contributed by atoms with Crippen molar-refractivity contribution in [2.24, 2.45) is 11.8 Å². The smallest absolute Gasteiger partial charge is 0.230 e. The van der Waals surface area contributed by atoms with Crippen LogP contribution in [0.1, 0.15) is 63.0 Å². The van der Waals surface area contributed by atoms with Crippen LogP contribution in [-0.2, 0) is 17.6 Å². The van der Waals surface area contributed by atoms with Crippen LogP contribution in [-0.4, -0.2) is 50.1 Å². The third-order valence-corrected chi connectivity index (χ3v) is 7.39. The summed E-state index contributed by atoms with van der Waals surface area (Å²) in [6.45, 7) is 8.84. The zero-order chi connectivity index (χ0) is 20.1. The molecule has 1 aromatic carbocycles. The summed E-state index contributed by atoms with van der Waals surface area (Å²) >= 11 is 0. The Balaban J connectivity index is 1.31. The maximum absolute atomic E-state index is 13.2. The molecule has 1 N–H and O–H groups in total. The Kier molecular flexibility index (Phi) is 7.25. The summed E-state index contributed by atoms with van der Waals surface area (Å²) in [5.41, 5.74) is 4.00. The summed E-state index contributed by atoms with van der Waals surface area (Å²) in [6, 6.07) is 6.85. The van der Waals surface area contributed by atoms with Crippen molar-refractivity contribution >= 4 is 11.6 Å². The van der Waals surface area contributed by atoms with Gasteiger partial charge in [0.2, 0.25) is 5.91 Å². The first kappa shape index (κ1) is 20.9. The highest BCUT2D eigenvalue weighted by atomic mass is 16.2. The van der Waals surface area contributed by atoms with Gasteiger partial charge < -0.3 is 15.1 Å². The van der Waals surface area contributed by atoms with E-state index in [2.05, 4.69) is 40.2 Å². The lowest BCUT2D eigenvalue weighted by Gasteiger charge is -2.31. The lowest BCUT2D eigenvalue weighted by molar-refractivity contribution is -0.123. The van der Waals surface area contributed by atoms with Gasteiger partial charge in [0.05, 0.1) is 0 Å². The normalized spacial score (nSPS) is 25.2. The molecule has 0 aromatic heterocycles. The summed E-state index contributed by atoms with van der Waals surface area (Å²) in [5.74, 6) is 1.51. The van der Waals surface area contributed by atoms with Gasteiger partial charge in [0.1, 0.15) is 0 Å². The molecule has 4 rings (SSSR count). The lowest BCUT2D eigenvalue weighted by Crippen LogP contribution is -2.44. The van der Waals surface area contributed by atoms with E-state index in [0.29, 0.717) is 5.91 Å². The van der Waals surface area contributed by atoms with E-state index in [1.165, 1.54) is 48.9 Å². The van der Waals surface area contributed by atoms with Gasteiger partial charge in [-0.15, -0.1) is 0 Å². The van der Waals surface area contributed by atoms with Crippen molar-refractivity contribution in [1.29, 1.82) is 0 Å². The Morgan fingerprint density at radius 3 is 2.66 bits per heavy atom. The van der Waals surface area contributed by atoms with Crippen molar-refractivity contribution < 1.29 is 4.79 Å². The van der Waals surface area contributed by atoms with Crippen LogP contribution >= 0.6 is 0 Å². The molecule has 0 radical (unpaired) electrons. The first-order valence-electron chi connectivity index (χ1n) is 12.1. The Bertz CT molecular complexity index is 675. The number of carbonyl (C=O) groups excluding carboxylic acids is 1. The maximum atomic E-state index is 13.2. The minimum atomic E-state index is 0.256. The molecule has 3 aliphatic rings. The number of anilines is 1. The molecule has 1 saturated carbocycles. The summed E-state index contributed by atoms with van der Waals surface area (Å²) < 4.78 is 0. The molecule has 1 aliphatic carbocycles. The van der Waals surface area contributed by atoms with E-state index in [4.69, 9.17) is 0 Å². The fraction of sp³-hybridized carbons (Fsp3) is 0.720. The quantitative estimate of drug-likeness (QED) is 0.755. The number of nitrogens with one attached hydrogen (secondary N) is 1. The molecular weight excluding hydrogens is 358 g/mol. The van der Waals surface area contributed by atoms with Gasteiger partial charge in [-0.3, -0.25) is 4.79 Å². The molecule has 0 atom stereocenters. The summed E-state index contributed by atoms with van der Waals surface area (Å²) in [7, 11) is 0. The van der Waals surface area contributed by atoms with Gasteiger partial charge in [-0.25, -0.2) is 0 Å². The van der Waals surface area contributed by atoms with Gasteiger partial charge in [-0.1, -0.05) is 38.3 Å². The largest absolute Gasteiger partial charge is 0.314 e. The standard InChI is InChI=1S/C25H39N3O/c1-2-3-4-20-5-8-22(9-6-20)25(29)28-16-12-23-19-21(7-10-24(23)28)11-15-27-17-13-26-14-18-27/h7,10,19-20,22,26H,2-6,8-9,11-18H2,1H3. The molecule has 0 bridgehead atoms. The second-order valence-electron chi connectivity index (χ2n) is 9.40. The molecule has 4 nitrogen and oxygen atoms in total. The number of benzene rings is 1. The Morgan fingerprint density at radius 2 is 1.90 bits per heavy atom. The van der Waals surface area contributed by atoms with Crippen molar-refractivity contribution in [3.8, 4) is 0 Å². The van der Waals surface area contributed by atoms with Gasteiger partial charge in [-0.2, -0.15) is 0 Å². The van der Waals surface area contributed by atoms with Crippen molar-refractivity contribution in [2.45, 2.75) is 64.7 Å². The highest BCUT2D eigenvalue weighted by Gasteiger charge is 2.32. The van der Waals surface area contributed by atoms with Crippen LogP contribution in [0, 0.1) is 11.8 Å². The second-order valence-corrected chi connectivity index (χ2v) is 9.40. The predicted molar refractivity (Wildman–Crippen MR) is 120 cm³/mol. The SMILES string of the molecule is CCCCC1CCC(C(=O)N2CCc3cc(CCN4CCNCC4)ccc32)CC1. The zero-order valence-corrected chi connectivity index (χ0v) is 18.3. The van der Waals surface area contributed by atoms with Crippen LogP contribution < -0.4 is 10.2 Å². The molecule has 0 unspecified atom stereocenters. The van der Waals surface area contributed by atoms with Crippen LogP contribution in [0.2, 0.25) is 0 Å². The van der Waals surface area contributed by atoms with Crippen LogP contribution in [0.25, 0.3) is 0 Å². The van der Waals surface area contributed by atoms with E-state index in [1.807, 2.05) is 0 Å². The van der Waals surface area contributed by atoms with Crippen LogP contribution in [0.5, 0.6) is 0 Å². The molecule has 4 heteroatoms. The third-order valence-electron chi connectivity index (χ3n) is 7.39. The summed E-state index contributed by atoms with van der Waals surface area (Å²) in [6.07, 6.45) is 10.8. The first-order valence-corrected chi connectivity index (χ1v) is 12.1. The Labute approximate surface area is 177 Å². The molecule has 2 aliphatic heterocycles. The van der Waals surface area contributed by atoms with E-state index in [-0.39, 0.29) is 5.92 Å². The van der Waals surface area contributed by atoms with E-state index in [1.54, 1.807) is 0 Å². The summed E-state index contributed by atoms with van der Waals surface area (Å²) in [5, 5.41) is 3.42. The van der Waals surface area contributed by atoms with Crippen molar-refractivity contribution in [3.63, 3.8) is 0 Å². The second kappa shape index (κ2) is 10.1. The molecule has 1 amide bonds. The average molecular weight is 398 g/mol. The highest BCUT2D eigenvalue weighted by molar-refractivity contribution is 5.97. The Hall–Kier alpha value is -1.39. The number of fused-ring (bicyclic) bond motifs is 1. The molecular formula is C25H39N3O. The average Bonchev–Trinajstić information content (AvgIpc) is 3.20. The third kappa shape index (κ3) is 5.21. The Morgan fingerprint density at radius 1 is 1.10 bits per heavy atom. The number of unbranched alkanes of at least 4 members (excludes halogenated alkanes) is 1. The molecule has 1 saturated heterocycles. The molecule has 160 valence electrons. The fourth-order valence-electron chi connectivity index (χ4n) is 5.47. The van der Waals surface area contributed by atoms with Crippen molar-refractivity contribution in [1.82, 2.24) is 10.2 Å². The number of carbonyl (C=O) groups is 1. The number of amides is 1. The lowest BCUT2D eigenvalue weighted by atomic mass is 9.79. The first-order chi connectivity index (χ1) is 14.2. The van der Waals surface area contributed by atoms with Gasteiger partial charge in [0.15, 0.2) is 0 Å². The zero-order valence-electron chi connectivity index (χ0n) is 18.3. The molecule has 29 heavy (non-hydrogen) atoms. The molecule has 1 aromatic rings. The monoisotopic (exact) mass is 397 g/mol. The van der Waals surface area contributed by atoms with Crippen molar-refractivity contribution in [2.75, 3.05) is 44.2 Å².